The number of nitriles is 1. The number of piperidine rings is 1. The van der Waals surface area contributed by atoms with E-state index in [1.54, 1.807) is 0 Å². The quantitative estimate of drug-likeness (QED) is 0.679. The number of nitrogens with one attached hydrogen (secondary N) is 2. The molecule has 3 heteroatoms. The molecule has 1 aliphatic rings. The molecule has 2 unspecified atom stereocenters. The predicted octanol–water partition coefficient (Wildman–Crippen LogP) is 0.878. The summed E-state index contributed by atoms with van der Waals surface area (Å²) < 4.78 is 0. The molecule has 1 heterocycles. The minimum atomic E-state index is -0.269. The first kappa shape index (κ1) is 10.5. The van der Waals surface area contributed by atoms with E-state index in [1.807, 2.05) is 0 Å². The lowest BCUT2D eigenvalue weighted by Gasteiger charge is -2.39. The third kappa shape index (κ3) is 2.01. The van der Waals surface area contributed by atoms with Crippen LogP contribution in [0.25, 0.3) is 0 Å². The molecule has 0 aromatic heterocycles. The highest BCUT2D eigenvalue weighted by molar-refractivity contribution is 5.13. The van der Waals surface area contributed by atoms with Gasteiger partial charge in [0.15, 0.2) is 0 Å². The summed E-state index contributed by atoms with van der Waals surface area (Å²) in [5, 5.41) is 15.9. The second kappa shape index (κ2) is 4.59. The molecule has 0 aromatic carbocycles. The van der Waals surface area contributed by atoms with Crippen molar-refractivity contribution in [1.29, 1.82) is 5.26 Å². The predicted molar refractivity (Wildman–Crippen MR) is 53.3 cm³/mol. The van der Waals surface area contributed by atoms with E-state index < -0.39 is 0 Å². The Morgan fingerprint density at radius 3 is 2.92 bits per heavy atom. The van der Waals surface area contributed by atoms with Gasteiger partial charge >= 0.3 is 0 Å². The molecule has 0 aromatic rings. The van der Waals surface area contributed by atoms with Crippen molar-refractivity contribution in [2.45, 2.75) is 32.2 Å². The second-order valence-electron chi connectivity index (χ2n) is 3.67. The summed E-state index contributed by atoms with van der Waals surface area (Å²) in [5.74, 6) is 0.450. The Bertz CT molecular complexity index is 193. The van der Waals surface area contributed by atoms with E-state index in [4.69, 9.17) is 0 Å². The monoisotopic (exact) mass is 181 g/mol. The van der Waals surface area contributed by atoms with Gasteiger partial charge in [-0.05, 0) is 25.9 Å². The highest BCUT2D eigenvalue weighted by Gasteiger charge is 2.39. The van der Waals surface area contributed by atoms with Crippen molar-refractivity contribution in [3.05, 3.63) is 0 Å². The highest BCUT2D eigenvalue weighted by Crippen LogP contribution is 2.26. The van der Waals surface area contributed by atoms with E-state index in [0.717, 1.165) is 32.5 Å². The largest absolute Gasteiger partial charge is 0.316 e. The maximum Gasteiger partial charge on any atom is 0.112 e. The average molecular weight is 181 g/mol. The molecule has 0 spiro atoms. The molecule has 1 saturated heterocycles. The zero-order valence-corrected chi connectivity index (χ0v) is 8.56. The topological polar surface area (TPSA) is 47.9 Å². The van der Waals surface area contributed by atoms with Crippen LogP contribution in [-0.2, 0) is 0 Å². The van der Waals surface area contributed by atoms with Crippen molar-refractivity contribution in [2.75, 3.05) is 19.6 Å². The van der Waals surface area contributed by atoms with Crippen molar-refractivity contribution >= 4 is 0 Å². The summed E-state index contributed by atoms with van der Waals surface area (Å²) in [7, 11) is 0. The zero-order valence-electron chi connectivity index (χ0n) is 8.56. The fourth-order valence-corrected chi connectivity index (χ4v) is 2.17. The van der Waals surface area contributed by atoms with Crippen LogP contribution in [0.15, 0.2) is 0 Å². The number of rotatable bonds is 3. The van der Waals surface area contributed by atoms with Gasteiger partial charge in [0, 0.05) is 12.5 Å². The van der Waals surface area contributed by atoms with Crippen molar-refractivity contribution in [2.24, 2.45) is 5.92 Å². The minimum absolute atomic E-state index is 0.269. The first-order valence-corrected chi connectivity index (χ1v) is 5.16. The van der Waals surface area contributed by atoms with E-state index in [0.29, 0.717) is 5.92 Å². The third-order valence-electron chi connectivity index (χ3n) is 2.97. The van der Waals surface area contributed by atoms with Crippen molar-refractivity contribution in [1.82, 2.24) is 10.6 Å². The van der Waals surface area contributed by atoms with Crippen LogP contribution in [0.5, 0.6) is 0 Å². The van der Waals surface area contributed by atoms with Gasteiger partial charge in [-0.25, -0.2) is 0 Å². The first-order valence-electron chi connectivity index (χ1n) is 5.16. The fraction of sp³-hybridized carbons (Fsp3) is 0.900. The van der Waals surface area contributed by atoms with Crippen LogP contribution in [-0.4, -0.2) is 25.2 Å². The summed E-state index contributed by atoms with van der Waals surface area (Å²) in [6.07, 6.45) is 1.99. The van der Waals surface area contributed by atoms with Crippen LogP contribution < -0.4 is 10.6 Å². The molecule has 0 bridgehead atoms. The Morgan fingerprint density at radius 1 is 1.62 bits per heavy atom. The summed E-state index contributed by atoms with van der Waals surface area (Å²) in [6, 6.07) is 2.47. The van der Waals surface area contributed by atoms with Gasteiger partial charge in [0.25, 0.3) is 0 Å². The lowest BCUT2D eigenvalue weighted by Crippen LogP contribution is -2.57. The molecule has 1 fully saturated rings. The van der Waals surface area contributed by atoms with E-state index in [9.17, 15) is 5.26 Å². The summed E-state index contributed by atoms with van der Waals surface area (Å²) in [4.78, 5) is 0. The first-order chi connectivity index (χ1) is 6.29. The molecule has 13 heavy (non-hydrogen) atoms. The SMILES string of the molecule is CCNC1(C#N)CCNCC1CC. The van der Waals surface area contributed by atoms with Gasteiger partial charge in [-0.3, -0.25) is 5.32 Å². The lowest BCUT2D eigenvalue weighted by molar-refractivity contribution is 0.209. The van der Waals surface area contributed by atoms with Crippen LogP contribution in [0.3, 0.4) is 0 Å². The Labute approximate surface area is 80.5 Å². The summed E-state index contributed by atoms with van der Waals surface area (Å²) in [5.41, 5.74) is -0.269. The normalized spacial score (nSPS) is 34.1. The Balaban J connectivity index is 2.73. The van der Waals surface area contributed by atoms with Gasteiger partial charge in [0.05, 0.1) is 6.07 Å². The summed E-state index contributed by atoms with van der Waals surface area (Å²) >= 11 is 0. The van der Waals surface area contributed by atoms with Crippen LogP contribution in [0.4, 0.5) is 0 Å². The maximum atomic E-state index is 9.23. The maximum absolute atomic E-state index is 9.23. The summed E-state index contributed by atoms with van der Waals surface area (Å²) in [6.45, 7) is 7.02. The van der Waals surface area contributed by atoms with E-state index in [2.05, 4.69) is 30.6 Å². The van der Waals surface area contributed by atoms with Gasteiger partial charge in [-0.1, -0.05) is 13.8 Å². The Morgan fingerprint density at radius 2 is 2.38 bits per heavy atom. The smallest absolute Gasteiger partial charge is 0.112 e. The van der Waals surface area contributed by atoms with Crippen molar-refractivity contribution in [3.8, 4) is 6.07 Å². The fourth-order valence-electron chi connectivity index (χ4n) is 2.17. The lowest BCUT2D eigenvalue weighted by atomic mass is 9.78. The highest BCUT2D eigenvalue weighted by atomic mass is 15.0. The number of nitrogens with zero attached hydrogens (tertiary/aromatic N) is 1. The molecule has 0 aliphatic carbocycles. The molecule has 1 aliphatic heterocycles. The molecule has 0 saturated carbocycles. The second-order valence-corrected chi connectivity index (χ2v) is 3.67. The van der Waals surface area contributed by atoms with Crippen LogP contribution in [0.1, 0.15) is 26.7 Å². The van der Waals surface area contributed by atoms with E-state index >= 15 is 0 Å². The molecular formula is C10H19N3. The Kier molecular flexibility index (Phi) is 3.71. The molecule has 3 nitrogen and oxygen atoms in total. The van der Waals surface area contributed by atoms with Gasteiger partial charge in [-0.2, -0.15) is 5.26 Å². The van der Waals surface area contributed by atoms with Gasteiger partial charge in [0.1, 0.15) is 5.54 Å². The van der Waals surface area contributed by atoms with Gasteiger partial charge in [-0.15, -0.1) is 0 Å². The van der Waals surface area contributed by atoms with Crippen molar-refractivity contribution < 1.29 is 0 Å². The van der Waals surface area contributed by atoms with Crippen LogP contribution >= 0.6 is 0 Å². The number of hydrogen-bond acceptors (Lipinski definition) is 3. The standard InChI is InChI=1S/C10H19N3/c1-3-9-7-12-6-5-10(9,8-11)13-4-2/h9,12-13H,3-7H2,1-2H3. The molecule has 1 rings (SSSR count). The zero-order chi connectivity index (χ0) is 9.73. The van der Waals surface area contributed by atoms with Gasteiger partial charge in [0.2, 0.25) is 0 Å². The third-order valence-corrected chi connectivity index (χ3v) is 2.97. The van der Waals surface area contributed by atoms with E-state index in [-0.39, 0.29) is 5.54 Å². The van der Waals surface area contributed by atoms with Gasteiger partial charge < -0.3 is 5.32 Å². The van der Waals surface area contributed by atoms with Crippen LogP contribution in [0.2, 0.25) is 0 Å². The molecule has 74 valence electrons. The molecule has 0 radical (unpaired) electrons. The van der Waals surface area contributed by atoms with Crippen LogP contribution in [0, 0.1) is 17.2 Å². The molecule has 2 N–H and O–H groups in total. The molecule has 2 atom stereocenters. The number of hydrogen-bond donors (Lipinski definition) is 2. The minimum Gasteiger partial charge on any atom is -0.316 e. The Hall–Kier alpha value is -0.590. The molecule has 0 amide bonds. The molecular weight excluding hydrogens is 162 g/mol. The average Bonchev–Trinajstić information content (AvgIpc) is 2.19. The van der Waals surface area contributed by atoms with Crippen molar-refractivity contribution in [3.63, 3.8) is 0 Å². The van der Waals surface area contributed by atoms with E-state index in [1.165, 1.54) is 0 Å².